The molecule has 31 heavy (non-hydrogen) atoms. The second-order valence-corrected chi connectivity index (χ2v) is 7.36. The summed E-state index contributed by atoms with van der Waals surface area (Å²) in [7, 11) is 0. The molecule has 0 unspecified atom stereocenters. The number of fused-ring (bicyclic) bond motifs is 1. The highest BCUT2D eigenvalue weighted by atomic mass is 16.5. The molecular formula is C21H21N7O3. The number of nitrogens with zero attached hydrogens (tertiary/aromatic N) is 6. The van der Waals surface area contributed by atoms with Crippen LogP contribution >= 0.6 is 0 Å². The van der Waals surface area contributed by atoms with E-state index in [1.807, 2.05) is 0 Å². The number of morpholine rings is 1. The van der Waals surface area contributed by atoms with Crippen molar-refractivity contribution in [2.24, 2.45) is 0 Å². The number of carboxylic acids is 1. The molecule has 1 saturated heterocycles. The van der Waals surface area contributed by atoms with E-state index in [1.165, 1.54) is 0 Å². The fourth-order valence-corrected chi connectivity index (χ4v) is 3.88. The number of nitrogens with two attached hydrogens (primary N) is 1. The van der Waals surface area contributed by atoms with Crippen molar-refractivity contribution in [3.8, 4) is 11.3 Å². The molecule has 4 heterocycles. The first-order chi connectivity index (χ1) is 15.1. The Hall–Kier alpha value is -3.79. The standard InChI is InChI=1S/C21H21N7O3/c22-20-23-11-14(12-24-20)17-16-5-6-28(15-3-1-13(2-4-15)19(29)30)18(16)26-21(25-17)27-7-9-31-10-8-27/h1-4,11-12H,5-10H2,(H,29,30)(H2,22,23,24). The van der Waals surface area contributed by atoms with Gasteiger partial charge in [0.1, 0.15) is 5.82 Å². The van der Waals surface area contributed by atoms with Gasteiger partial charge in [-0.25, -0.2) is 19.7 Å². The summed E-state index contributed by atoms with van der Waals surface area (Å²) in [6, 6.07) is 6.82. The molecular weight excluding hydrogens is 398 g/mol. The van der Waals surface area contributed by atoms with Gasteiger partial charge in [0.2, 0.25) is 11.9 Å². The van der Waals surface area contributed by atoms with Crippen LogP contribution in [0.25, 0.3) is 11.3 Å². The van der Waals surface area contributed by atoms with E-state index in [2.05, 4.69) is 19.8 Å². The van der Waals surface area contributed by atoms with E-state index in [4.69, 9.17) is 20.4 Å². The number of rotatable bonds is 4. The van der Waals surface area contributed by atoms with E-state index < -0.39 is 5.97 Å². The number of aromatic nitrogens is 4. The van der Waals surface area contributed by atoms with Gasteiger partial charge in [-0.3, -0.25) is 0 Å². The van der Waals surface area contributed by atoms with Crippen LogP contribution in [-0.4, -0.2) is 63.9 Å². The average Bonchev–Trinajstić information content (AvgIpc) is 3.24. The van der Waals surface area contributed by atoms with Crippen LogP contribution < -0.4 is 15.5 Å². The number of carbonyl (C=O) groups is 1. The number of carboxylic acid groups (broad SMARTS) is 1. The molecule has 0 aliphatic carbocycles. The Labute approximate surface area is 178 Å². The van der Waals surface area contributed by atoms with Crippen molar-refractivity contribution in [1.82, 2.24) is 19.9 Å². The van der Waals surface area contributed by atoms with Crippen molar-refractivity contribution >= 4 is 29.4 Å². The van der Waals surface area contributed by atoms with Gasteiger partial charge in [0.15, 0.2) is 0 Å². The minimum atomic E-state index is -0.948. The molecule has 0 saturated carbocycles. The van der Waals surface area contributed by atoms with Crippen molar-refractivity contribution in [1.29, 1.82) is 0 Å². The predicted molar refractivity (Wildman–Crippen MR) is 115 cm³/mol. The fraction of sp³-hybridized carbons (Fsp3) is 0.286. The lowest BCUT2D eigenvalue weighted by molar-refractivity contribution is 0.0697. The third-order valence-electron chi connectivity index (χ3n) is 5.48. The summed E-state index contributed by atoms with van der Waals surface area (Å²) in [5.74, 6) is 0.702. The molecule has 2 aliphatic heterocycles. The smallest absolute Gasteiger partial charge is 0.335 e. The number of nitrogen functional groups attached to an aromatic ring is 1. The second kappa shape index (κ2) is 7.80. The van der Waals surface area contributed by atoms with E-state index >= 15 is 0 Å². The molecule has 0 spiro atoms. The summed E-state index contributed by atoms with van der Waals surface area (Å²) in [6.45, 7) is 3.39. The van der Waals surface area contributed by atoms with Gasteiger partial charge in [-0.15, -0.1) is 0 Å². The zero-order chi connectivity index (χ0) is 21.4. The molecule has 1 aromatic carbocycles. The van der Waals surface area contributed by atoms with E-state index in [-0.39, 0.29) is 11.5 Å². The number of ether oxygens (including phenoxy) is 1. The van der Waals surface area contributed by atoms with Gasteiger partial charge >= 0.3 is 5.97 Å². The summed E-state index contributed by atoms with van der Waals surface area (Å²) in [4.78, 5) is 33.4. The first-order valence-electron chi connectivity index (χ1n) is 10.0. The van der Waals surface area contributed by atoms with Crippen LogP contribution in [0.15, 0.2) is 36.7 Å². The molecule has 0 radical (unpaired) electrons. The highest BCUT2D eigenvalue weighted by molar-refractivity contribution is 5.88. The number of anilines is 4. The van der Waals surface area contributed by atoms with Crippen LogP contribution in [0.4, 0.5) is 23.4 Å². The van der Waals surface area contributed by atoms with Crippen LogP contribution in [0.5, 0.6) is 0 Å². The van der Waals surface area contributed by atoms with Gasteiger partial charge in [-0.1, -0.05) is 0 Å². The average molecular weight is 419 g/mol. The second-order valence-electron chi connectivity index (χ2n) is 7.36. The normalized spacial score (nSPS) is 15.7. The highest BCUT2D eigenvalue weighted by Crippen LogP contribution is 2.39. The molecule has 2 aliphatic rings. The Morgan fingerprint density at radius 1 is 1.03 bits per heavy atom. The molecule has 10 heteroatoms. The Kier molecular flexibility index (Phi) is 4.83. The van der Waals surface area contributed by atoms with Crippen molar-refractivity contribution in [2.45, 2.75) is 6.42 Å². The minimum absolute atomic E-state index is 0.211. The third-order valence-corrected chi connectivity index (χ3v) is 5.48. The number of benzene rings is 1. The fourth-order valence-electron chi connectivity index (χ4n) is 3.88. The van der Waals surface area contributed by atoms with Crippen molar-refractivity contribution in [3.05, 3.63) is 47.8 Å². The summed E-state index contributed by atoms with van der Waals surface area (Å²) in [6.07, 6.45) is 4.11. The topological polar surface area (TPSA) is 131 Å². The van der Waals surface area contributed by atoms with Gasteiger partial charge in [0, 0.05) is 48.8 Å². The lowest BCUT2D eigenvalue weighted by Gasteiger charge is -2.28. The van der Waals surface area contributed by atoms with E-state index in [1.54, 1.807) is 36.7 Å². The molecule has 0 bridgehead atoms. The Morgan fingerprint density at radius 3 is 2.42 bits per heavy atom. The summed E-state index contributed by atoms with van der Waals surface area (Å²) in [5, 5.41) is 9.19. The van der Waals surface area contributed by atoms with Crippen molar-refractivity contribution in [3.63, 3.8) is 0 Å². The maximum atomic E-state index is 11.2. The lowest BCUT2D eigenvalue weighted by atomic mass is 10.1. The van der Waals surface area contributed by atoms with Gasteiger partial charge in [-0.05, 0) is 30.7 Å². The Bertz CT molecular complexity index is 1110. The molecule has 1 fully saturated rings. The number of hydrogen-bond donors (Lipinski definition) is 2. The van der Waals surface area contributed by atoms with Crippen LogP contribution in [0, 0.1) is 0 Å². The SMILES string of the molecule is Nc1ncc(-c2nc(N3CCOCC3)nc3c2CCN3c2ccc(C(=O)O)cc2)cn1. The summed E-state index contributed by atoms with van der Waals surface area (Å²) in [5.41, 5.74) is 9.38. The minimum Gasteiger partial charge on any atom is -0.478 e. The molecule has 3 aromatic rings. The zero-order valence-electron chi connectivity index (χ0n) is 16.7. The zero-order valence-corrected chi connectivity index (χ0v) is 16.7. The Balaban J connectivity index is 1.60. The van der Waals surface area contributed by atoms with Crippen molar-refractivity contribution < 1.29 is 14.6 Å². The molecule has 0 atom stereocenters. The first kappa shape index (κ1) is 19.2. The predicted octanol–water partition coefficient (Wildman–Crippen LogP) is 1.74. The van der Waals surface area contributed by atoms with Crippen LogP contribution in [-0.2, 0) is 11.2 Å². The van der Waals surface area contributed by atoms with Gasteiger partial charge in [-0.2, -0.15) is 4.98 Å². The first-order valence-corrected chi connectivity index (χ1v) is 10.0. The van der Waals surface area contributed by atoms with Gasteiger partial charge in [0.25, 0.3) is 0 Å². The van der Waals surface area contributed by atoms with E-state index in [0.717, 1.165) is 34.7 Å². The molecule has 5 rings (SSSR count). The largest absolute Gasteiger partial charge is 0.478 e. The summed E-state index contributed by atoms with van der Waals surface area (Å²) < 4.78 is 5.47. The monoisotopic (exact) mass is 419 g/mol. The molecule has 10 nitrogen and oxygen atoms in total. The maximum absolute atomic E-state index is 11.2. The molecule has 158 valence electrons. The molecule has 0 amide bonds. The summed E-state index contributed by atoms with van der Waals surface area (Å²) >= 11 is 0. The van der Waals surface area contributed by atoms with Gasteiger partial charge in [0.05, 0.1) is 24.5 Å². The van der Waals surface area contributed by atoms with Crippen LogP contribution in [0.1, 0.15) is 15.9 Å². The maximum Gasteiger partial charge on any atom is 0.335 e. The highest BCUT2D eigenvalue weighted by Gasteiger charge is 2.29. The molecule has 3 N–H and O–H groups in total. The quantitative estimate of drug-likeness (QED) is 0.645. The van der Waals surface area contributed by atoms with Gasteiger partial charge < -0.3 is 25.4 Å². The van der Waals surface area contributed by atoms with Crippen LogP contribution in [0.2, 0.25) is 0 Å². The number of hydrogen-bond acceptors (Lipinski definition) is 9. The lowest BCUT2D eigenvalue weighted by Crippen LogP contribution is -2.37. The van der Waals surface area contributed by atoms with Crippen molar-refractivity contribution in [2.75, 3.05) is 48.4 Å². The Morgan fingerprint density at radius 2 is 1.74 bits per heavy atom. The third kappa shape index (κ3) is 3.61. The van der Waals surface area contributed by atoms with E-state index in [0.29, 0.717) is 38.8 Å². The molecule has 2 aromatic heterocycles. The number of aromatic carboxylic acids is 1. The van der Waals surface area contributed by atoms with Crippen LogP contribution in [0.3, 0.4) is 0 Å². The van der Waals surface area contributed by atoms with E-state index in [9.17, 15) is 9.90 Å².